The lowest BCUT2D eigenvalue weighted by molar-refractivity contribution is 0.0837. The molecule has 2 atom stereocenters. The number of fused-ring (bicyclic) bond motifs is 1. The number of aliphatic hydroxyl groups is 1. The molecule has 1 N–H and O–H groups in total. The van der Waals surface area contributed by atoms with E-state index in [-0.39, 0.29) is 12.1 Å². The van der Waals surface area contributed by atoms with Gasteiger partial charge >= 0.3 is 0 Å². The second kappa shape index (κ2) is 7.15. The summed E-state index contributed by atoms with van der Waals surface area (Å²) in [4.78, 5) is 11.4. The fraction of sp³-hybridized carbons (Fsp3) is 0.824. The first-order valence-electron chi connectivity index (χ1n) is 8.99. The Bertz CT molecular complexity index is 512. The zero-order valence-electron chi connectivity index (χ0n) is 13.7. The summed E-state index contributed by atoms with van der Waals surface area (Å²) in [5.74, 6) is 0. The molecular formula is C17H27N3O2S. The smallest absolute Gasteiger partial charge is 0.107 e. The topological polar surface area (TPSA) is 48.8 Å². The third kappa shape index (κ3) is 3.61. The molecule has 1 aromatic rings. The molecule has 2 saturated heterocycles. The number of aryl methyl sites for hydroxylation is 2. The molecule has 2 fully saturated rings. The van der Waals surface area contributed by atoms with Crippen LogP contribution in [0.1, 0.15) is 34.8 Å². The Kier molecular flexibility index (Phi) is 4.96. The first kappa shape index (κ1) is 16.0. The van der Waals surface area contributed by atoms with Gasteiger partial charge in [0.25, 0.3) is 0 Å². The summed E-state index contributed by atoms with van der Waals surface area (Å²) in [6, 6.07) is 0.196. The maximum absolute atomic E-state index is 10.0. The largest absolute Gasteiger partial charge is 0.389 e. The van der Waals surface area contributed by atoms with Gasteiger partial charge in [-0.15, -0.1) is 11.3 Å². The normalized spacial score (nSPS) is 30.3. The van der Waals surface area contributed by atoms with Crippen molar-refractivity contribution in [2.24, 2.45) is 0 Å². The van der Waals surface area contributed by atoms with Crippen molar-refractivity contribution in [3.63, 3.8) is 0 Å². The Labute approximate surface area is 142 Å². The number of ether oxygens (including phenoxy) is 1. The lowest BCUT2D eigenvalue weighted by Crippen LogP contribution is -2.44. The zero-order valence-corrected chi connectivity index (χ0v) is 14.6. The van der Waals surface area contributed by atoms with E-state index in [0.29, 0.717) is 13.2 Å². The molecule has 5 nitrogen and oxygen atoms in total. The average Bonchev–Trinajstić information content (AvgIpc) is 3.08. The standard InChI is InChI=1S/C17H27N3O2S/c21-15-12-22-11-14(15)20-7-3-6-19(8-9-20)10-17-18-13-4-1-2-5-16(13)23-17/h14-15,21H,1-12H2/t14-,15-/m0/s1. The molecule has 0 saturated carbocycles. The molecule has 3 heterocycles. The monoisotopic (exact) mass is 337 g/mol. The molecule has 0 spiro atoms. The quantitative estimate of drug-likeness (QED) is 0.901. The number of nitrogens with zero attached hydrogens (tertiary/aromatic N) is 3. The van der Waals surface area contributed by atoms with E-state index in [1.165, 1.54) is 41.3 Å². The first-order chi connectivity index (χ1) is 11.3. The molecule has 4 rings (SSSR count). The van der Waals surface area contributed by atoms with Gasteiger partial charge in [0.2, 0.25) is 0 Å². The number of aromatic nitrogens is 1. The van der Waals surface area contributed by atoms with Crippen LogP contribution in [-0.4, -0.2) is 71.4 Å². The fourth-order valence-electron chi connectivity index (χ4n) is 4.03. The average molecular weight is 337 g/mol. The van der Waals surface area contributed by atoms with E-state index >= 15 is 0 Å². The van der Waals surface area contributed by atoms with Gasteiger partial charge in [-0.2, -0.15) is 0 Å². The second-order valence-electron chi connectivity index (χ2n) is 7.02. The predicted octanol–water partition coefficient (Wildman–Crippen LogP) is 1.29. The van der Waals surface area contributed by atoms with Crippen molar-refractivity contribution in [2.45, 2.75) is 50.8 Å². The molecule has 0 unspecified atom stereocenters. The van der Waals surface area contributed by atoms with E-state index in [1.807, 2.05) is 11.3 Å². The van der Waals surface area contributed by atoms with Crippen LogP contribution in [0.3, 0.4) is 0 Å². The Morgan fingerprint density at radius 1 is 1.09 bits per heavy atom. The molecule has 1 aliphatic carbocycles. The van der Waals surface area contributed by atoms with Crippen LogP contribution in [0.15, 0.2) is 0 Å². The zero-order chi connectivity index (χ0) is 15.6. The number of rotatable bonds is 3. The number of hydrogen-bond donors (Lipinski definition) is 1. The van der Waals surface area contributed by atoms with Gasteiger partial charge in [-0.05, 0) is 45.2 Å². The number of thiazole rings is 1. The molecule has 2 aliphatic heterocycles. The van der Waals surface area contributed by atoms with Crippen molar-refractivity contribution in [3.05, 3.63) is 15.6 Å². The molecule has 0 aromatic carbocycles. The second-order valence-corrected chi connectivity index (χ2v) is 8.19. The highest BCUT2D eigenvalue weighted by Crippen LogP contribution is 2.27. The van der Waals surface area contributed by atoms with E-state index in [0.717, 1.165) is 39.1 Å². The lowest BCUT2D eigenvalue weighted by atomic mass is 10.0. The van der Waals surface area contributed by atoms with Crippen LogP contribution in [0.4, 0.5) is 0 Å². The predicted molar refractivity (Wildman–Crippen MR) is 90.8 cm³/mol. The minimum Gasteiger partial charge on any atom is -0.389 e. The molecule has 0 bridgehead atoms. The molecule has 128 valence electrons. The third-order valence-corrected chi connectivity index (χ3v) is 6.50. The Hall–Kier alpha value is -0.530. The molecule has 0 amide bonds. The van der Waals surface area contributed by atoms with Gasteiger partial charge in [-0.3, -0.25) is 9.80 Å². The first-order valence-corrected chi connectivity index (χ1v) is 9.81. The SMILES string of the molecule is O[C@H]1COC[C@@H]1N1CCCN(Cc2nc3c(s2)CCCC3)CC1. The number of aliphatic hydroxyl groups excluding tert-OH is 1. The molecule has 23 heavy (non-hydrogen) atoms. The Morgan fingerprint density at radius 3 is 2.83 bits per heavy atom. The Balaban J connectivity index is 1.34. The van der Waals surface area contributed by atoms with Crippen molar-refractivity contribution in [3.8, 4) is 0 Å². The van der Waals surface area contributed by atoms with Crippen LogP contribution < -0.4 is 0 Å². The van der Waals surface area contributed by atoms with Gasteiger partial charge < -0.3 is 9.84 Å². The third-order valence-electron chi connectivity index (χ3n) is 5.36. The van der Waals surface area contributed by atoms with Gasteiger partial charge in [0.15, 0.2) is 0 Å². The Morgan fingerprint density at radius 2 is 2.00 bits per heavy atom. The highest BCUT2D eigenvalue weighted by molar-refractivity contribution is 7.11. The summed E-state index contributed by atoms with van der Waals surface area (Å²) in [6.07, 6.45) is 5.90. The molecule has 0 radical (unpaired) electrons. The van der Waals surface area contributed by atoms with Gasteiger partial charge in [0.05, 0.1) is 37.6 Å². The summed E-state index contributed by atoms with van der Waals surface area (Å²) in [6.45, 7) is 6.45. The van der Waals surface area contributed by atoms with E-state index < -0.39 is 0 Å². The van der Waals surface area contributed by atoms with Crippen molar-refractivity contribution in [2.75, 3.05) is 39.4 Å². The molecule has 3 aliphatic rings. The molecular weight excluding hydrogens is 310 g/mol. The highest BCUT2D eigenvalue weighted by atomic mass is 32.1. The van der Waals surface area contributed by atoms with Crippen molar-refractivity contribution in [1.29, 1.82) is 0 Å². The fourth-order valence-corrected chi connectivity index (χ4v) is 5.22. The summed E-state index contributed by atoms with van der Waals surface area (Å²) in [7, 11) is 0. The summed E-state index contributed by atoms with van der Waals surface area (Å²) in [5, 5.41) is 11.3. The highest BCUT2D eigenvalue weighted by Gasteiger charge is 2.32. The van der Waals surface area contributed by atoms with Crippen LogP contribution in [0.2, 0.25) is 0 Å². The van der Waals surface area contributed by atoms with Gasteiger partial charge in [-0.25, -0.2) is 4.98 Å². The van der Waals surface area contributed by atoms with Crippen molar-refractivity contribution in [1.82, 2.24) is 14.8 Å². The summed E-state index contributed by atoms with van der Waals surface area (Å²) >= 11 is 1.94. The van der Waals surface area contributed by atoms with Crippen molar-refractivity contribution < 1.29 is 9.84 Å². The van der Waals surface area contributed by atoms with E-state index in [9.17, 15) is 5.11 Å². The lowest BCUT2D eigenvalue weighted by Gasteiger charge is -2.28. The van der Waals surface area contributed by atoms with E-state index in [2.05, 4.69) is 9.80 Å². The van der Waals surface area contributed by atoms with Crippen LogP contribution in [0.25, 0.3) is 0 Å². The van der Waals surface area contributed by atoms with Crippen LogP contribution in [0.5, 0.6) is 0 Å². The molecule has 6 heteroatoms. The van der Waals surface area contributed by atoms with Gasteiger partial charge in [-0.1, -0.05) is 0 Å². The summed E-state index contributed by atoms with van der Waals surface area (Å²) in [5.41, 5.74) is 1.37. The van der Waals surface area contributed by atoms with Gasteiger partial charge in [0.1, 0.15) is 5.01 Å². The van der Waals surface area contributed by atoms with Crippen LogP contribution in [-0.2, 0) is 24.1 Å². The van der Waals surface area contributed by atoms with Crippen molar-refractivity contribution >= 4 is 11.3 Å². The molecule has 1 aromatic heterocycles. The van der Waals surface area contributed by atoms with Crippen LogP contribution in [0, 0.1) is 0 Å². The van der Waals surface area contributed by atoms with Gasteiger partial charge in [0, 0.05) is 18.0 Å². The maximum Gasteiger partial charge on any atom is 0.107 e. The van der Waals surface area contributed by atoms with E-state index in [4.69, 9.17) is 9.72 Å². The number of hydrogen-bond acceptors (Lipinski definition) is 6. The minimum absolute atomic E-state index is 0.196. The minimum atomic E-state index is -0.313. The maximum atomic E-state index is 10.0. The van der Waals surface area contributed by atoms with E-state index in [1.54, 1.807) is 0 Å². The van der Waals surface area contributed by atoms with Crippen LogP contribution >= 0.6 is 11.3 Å². The summed E-state index contributed by atoms with van der Waals surface area (Å²) < 4.78 is 5.42.